The number of carbonyl (C=O) groups excluding carboxylic acids is 3. The van der Waals surface area contributed by atoms with Crippen LogP contribution in [0.3, 0.4) is 0 Å². The molecule has 228 valence electrons. The number of aryl methyl sites for hydroxylation is 2. The van der Waals surface area contributed by atoms with E-state index in [2.05, 4.69) is 13.5 Å². The van der Waals surface area contributed by atoms with Gasteiger partial charge in [0.15, 0.2) is 0 Å². The number of benzene rings is 3. The zero-order valence-electron chi connectivity index (χ0n) is 25.3. The summed E-state index contributed by atoms with van der Waals surface area (Å²) in [7, 11) is 0. The highest BCUT2D eigenvalue weighted by molar-refractivity contribution is 5.93. The lowest BCUT2D eigenvalue weighted by atomic mass is 10.1. The minimum Gasteiger partial charge on any atom is -0.493 e. The van der Waals surface area contributed by atoms with Gasteiger partial charge >= 0.3 is 17.9 Å². The van der Waals surface area contributed by atoms with E-state index < -0.39 is 11.9 Å². The molecule has 0 saturated heterocycles. The molecule has 0 aliphatic heterocycles. The number of hydrogen-bond donors (Lipinski definition) is 0. The van der Waals surface area contributed by atoms with Crippen molar-refractivity contribution in [2.45, 2.75) is 71.6 Å². The van der Waals surface area contributed by atoms with E-state index in [-0.39, 0.29) is 5.97 Å². The van der Waals surface area contributed by atoms with Gasteiger partial charge in [0.25, 0.3) is 0 Å². The molecule has 7 heteroatoms. The van der Waals surface area contributed by atoms with Crippen molar-refractivity contribution in [1.29, 1.82) is 0 Å². The van der Waals surface area contributed by atoms with Crippen LogP contribution in [0.4, 0.5) is 0 Å². The van der Waals surface area contributed by atoms with Gasteiger partial charge in [0.05, 0.1) is 24.3 Å². The number of unbranched alkanes of at least 4 members (excludes halogenated alkanes) is 7. The van der Waals surface area contributed by atoms with Crippen molar-refractivity contribution < 1.29 is 33.3 Å². The third-order valence-corrected chi connectivity index (χ3v) is 6.96. The van der Waals surface area contributed by atoms with E-state index in [1.807, 2.05) is 19.1 Å². The molecule has 0 heterocycles. The van der Waals surface area contributed by atoms with Gasteiger partial charge < -0.3 is 18.9 Å². The summed E-state index contributed by atoms with van der Waals surface area (Å²) < 4.78 is 21.8. The van der Waals surface area contributed by atoms with Gasteiger partial charge in [-0.25, -0.2) is 14.4 Å². The normalized spacial score (nSPS) is 10.6. The zero-order chi connectivity index (χ0) is 30.9. The van der Waals surface area contributed by atoms with Crippen LogP contribution in [-0.4, -0.2) is 31.1 Å². The van der Waals surface area contributed by atoms with Gasteiger partial charge in [0.2, 0.25) is 0 Å². The van der Waals surface area contributed by atoms with Crippen LogP contribution in [0.1, 0.15) is 90.1 Å². The van der Waals surface area contributed by atoms with E-state index in [0.29, 0.717) is 35.8 Å². The van der Waals surface area contributed by atoms with Crippen LogP contribution in [0.5, 0.6) is 17.2 Å². The smallest absolute Gasteiger partial charge is 0.343 e. The van der Waals surface area contributed by atoms with Gasteiger partial charge in [-0.2, -0.15) is 0 Å². The van der Waals surface area contributed by atoms with Crippen LogP contribution in [-0.2, 0) is 16.0 Å². The van der Waals surface area contributed by atoms with E-state index in [1.54, 1.807) is 54.6 Å². The van der Waals surface area contributed by atoms with E-state index in [0.717, 1.165) is 61.8 Å². The minimum absolute atomic E-state index is 0.334. The second-order valence-corrected chi connectivity index (χ2v) is 10.3. The van der Waals surface area contributed by atoms with Gasteiger partial charge in [-0.1, -0.05) is 64.2 Å². The number of carbonyl (C=O) groups is 3. The summed E-state index contributed by atoms with van der Waals surface area (Å²) in [5.74, 6) is 0.238. The molecule has 7 nitrogen and oxygen atoms in total. The molecule has 0 amide bonds. The maximum absolute atomic E-state index is 12.7. The first-order valence-corrected chi connectivity index (χ1v) is 15.1. The molecule has 0 atom stereocenters. The predicted molar refractivity (Wildman–Crippen MR) is 167 cm³/mol. The molecule has 0 aliphatic carbocycles. The molecule has 0 N–H and O–H groups in total. The first kappa shape index (κ1) is 33.1. The van der Waals surface area contributed by atoms with Crippen molar-refractivity contribution in [1.82, 2.24) is 0 Å². The topological polar surface area (TPSA) is 88.1 Å². The van der Waals surface area contributed by atoms with Crippen LogP contribution in [0, 0.1) is 6.92 Å². The Kier molecular flexibility index (Phi) is 14.0. The van der Waals surface area contributed by atoms with Crippen LogP contribution in [0.15, 0.2) is 79.4 Å². The number of ether oxygens (including phenoxy) is 4. The second kappa shape index (κ2) is 18.2. The Morgan fingerprint density at radius 1 is 0.674 bits per heavy atom. The van der Waals surface area contributed by atoms with Crippen molar-refractivity contribution in [3.63, 3.8) is 0 Å². The van der Waals surface area contributed by atoms with Crippen LogP contribution >= 0.6 is 0 Å². The Balaban J connectivity index is 1.33. The van der Waals surface area contributed by atoms with Gasteiger partial charge in [0.1, 0.15) is 17.2 Å². The molecule has 0 aliphatic rings. The van der Waals surface area contributed by atoms with E-state index in [9.17, 15) is 14.4 Å². The Morgan fingerprint density at radius 2 is 1.19 bits per heavy atom. The first-order chi connectivity index (χ1) is 20.9. The number of hydrogen-bond acceptors (Lipinski definition) is 7. The molecule has 3 rings (SSSR count). The van der Waals surface area contributed by atoms with E-state index in [4.69, 9.17) is 18.9 Å². The predicted octanol–water partition coefficient (Wildman–Crippen LogP) is 8.22. The molecule has 3 aromatic rings. The largest absolute Gasteiger partial charge is 0.493 e. The zero-order valence-corrected chi connectivity index (χ0v) is 25.3. The SMILES string of the molecule is C=CC(=O)OCCCCCCCCCCOc1ccc(C(=O)Oc2ccc(C(=O)Oc3ccc(CC)cc3)cc2)cc1C. The highest BCUT2D eigenvalue weighted by Crippen LogP contribution is 2.22. The van der Waals surface area contributed by atoms with Crippen molar-refractivity contribution in [3.05, 3.63) is 102 Å². The Morgan fingerprint density at radius 3 is 1.74 bits per heavy atom. The molecule has 0 unspecified atom stereocenters. The summed E-state index contributed by atoms with van der Waals surface area (Å²) in [4.78, 5) is 36.1. The maximum atomic E-state index is 12.7. The van der Waals surface area contributed by atoms with Crippen molar-refractivity contribution in [2.75, 3.05) is 13.2 Å². The van der Waals surface area contributed by atoms with Crippen molar-refractivity contribution in [3.8, 4) is 17.2 Å². The monoisotopic (exact) mass is 586 g/mol. The van der Waals surface area contributed by atoms with Gasteiger partial charge in [0, 0.05) is 6.08 Å². The lowest BCUT2D eigenvalue weighted by molar-refractivity contribution is -0.137. The molecule has 0 saturated carbocycles. The fourth-order valence-corrected chi connectivity index (χ4v) is 4.40. The Bertz CT molecular complexity index is 1330. The number of esters is 3. The van der Waals surface area contributed by atoms with Gasteiger partial charge in [-0.15, -0.1) is 0 Å². The van der Waals surface area contributed by atoms with E-state index >= 15 is 0 Å². The molecular weight excluding hydrogens is 544 g/mol. The summed E-state index contributed by atoms with van der Waals surface area (Å²) in [5.41, 5.74) is 2.80. The lowest BCUT2D eigenvalue weighted by Crippen LogP contribution is -2.10. The molecule has 0 radical (unpaired) electrons. The highest BCUT2D eigenvalue weighted by Gasteiger charge is 2.13. The van der Waals surface area contributed by atoms with Crippen molar-refractivity contribution in [2.24, 2.45) is 0 Å². The lowest BCUT2D eigenvalue weighted by Gasteiger charge is -2.11. The maximum Gasteiger partial charge on any atom is 0.343 e. The molecule has 0 bridgehead atoms. The van der Waals surface area contributed by atoms with E-state index in [1.165, 1.54) is 18.9 Å². The van der Waals surface area contributed by atoms with Crippen LogP contribution in [0.25, 0.3) is 0 Å². The molecule has 0 spiro atoms. The van der Waals surface area contributed by atoms with Crippen LogP contribution < -0.4 is 14.2 Å². The summed E-state index contributed by atoms with van der Waals surface area (Å²) in [5, 5.41) is 0. The Hall–Kier alpha value is -4.39. The second-order valence-electron chi connectivity index (χ2n) is 10.3. The molecule has 3 aromatic carbocycles. The summed E-state index contributed by atoms with van der Waals surface area (Å²) >= 11 is 0. The standard InChI is InChI=1S/C36H42O7/c1-4-28-14-19-31(20-15-28)42-35(38)29-16-21-32(22-17-29)43-36(39)30-18-23-33(27(3)26-30)40-24-12-10-8-6-7-9-11-13-25-41-34(37)5-2/h5,14-23,26H,2,4,6-13,24-25H2,1,3H3. The third-order valence-electron chi connectivity index (χ3n) is 6.96. The van der Waals surface area contributed by atoms with Gasteiger partial charge in [-0.05, 0) is 91.9 Å². The average molecular weight is 587 g/mol. The quantitative estimate of drug-likeness (QED) is 0.0642. The summed E-state index contributed by atoms with van der Waals surface area (Å²) in [6.07, 6.45) is 10.8. The molecule has 0 fully saturated rings. The fourth-order valence-electron chi connectivity index (χ4n) is 4.40. The molecular formula is C36H42O7. The summed E-state index contributed by atoms with van der Waals surface area (Å²) in [6, 6.07) is 18.9. The highest BCUT2D eigenvalue weighted by atomic mass is 16.5. The average Bonchev–Trinajstić information content (AvgIpc) is 3.02. The third kappa shape index (κ3) is 11.8. The molecule has 0 aromatic heterocycles. The fraction of sp³-hybridized carbons (Fsp3) is 0.361. The number of rotatable bonds is 18. The summed E-state index contributed by atoms with van der Waals surface area (Å²) in [6.45, 7) is 8.43. The minimum atomic E-state index is -0.487. The van der Waals surface area contributed by atoms with Crippen LogP contribution in [0.2, 0.25) is 0 Å². The van der Waals surface area contributed by atoms with Gasteiger partial charge in [-0.3, -0.25) is 0 Å². The first-order valence-electron chi connectivity index (χ1n) is 15.1. The van der Waals surface area contributed by atoms with Crippen molar-refractivity contribution >= 4 is 17.9 Å². The Labute approximate surface area is 254 Å². The molecule has 43 heavy (non-hydrogen) atoms.